The number of hydrogen-bond donors (Lipinski definition) is 1. The van der Waals surface area contributed by atoms with E-state index in [0.717, 1.165) is 49.6 Å². The summed E-state index contributed by atoms with van der Waals surface area (Å²) >= 11 is 0. The molecule has 4 heteroatoms. The van der Waals surface area contributed by atoms with E-state index >= 15 is 0 Å². The molecule has 0 radical (unpaired) electrons. The Kier molecular flexibility index (Phi) is 3.57. The Morgan fingerprint density at radius 2 is 2.28 bits per heavy atom. The van der Waals surface area contributed by atoms with Crippen LogP contribution < -0.4 is 5.32 Å². The second-order valence-corrected chi connectivity index (χ2v) is 4.69. The third-order valence-electron chi connectivity index (χ3n) is 3.27. The van der Waals surface area contributed by atoms with E-state index in [0.29, 0.717) is 6.04 Å². The highest BCUT2D eigenvalue weighted by atomic mass is 16.5. The van der Waals surface area contributed by atoms with E-state index in [1.807, 2.05) is 24.3 Å². The zero-order valence-corrected chi connectivity index (χ0v) is 10.4. The predicted molar refractivity (Wildman–Crippen MR) is 69.6 cm³/mol. The van der Waals surface area contributed by atoms with Crippen molar-refractivity contribution in [1.29, 1.82) is 0 Å². The molecule has 2 aromatic rings. The molecule has 18 heavy (non-hydrogen) atoms. The first-order chi connectivity index (χ1) is 8.92. The maximum atomic E-state index is 5.68. The van der Waals surface area contributed by atoms with Gasteiger partial charge in [0.2, 0.25) is 0 Å². The van der Waals surface area contributed by atoms with Gasteiger partial charge in [0.1, 0.15) is 5.52 Å². The molecule has 0 aliphatic carbocycles. The Labute approximate surface area is 106 Å². The fraction of sp³-hybridized carbons (Fsp3) is 0.500. The van der Waals surface area contributed by atoms with Crippen molar-refractivity contribution in [1.82, 2.24) is 10.3 Å². The molecule has 1 aliphatic rings. The van der Waals surface area contributed by atoms with Gasteiger partial charge in [-0.3, -0.25) is 0 Å². The van der Waals surface area contributed by atoms with Crippen LogP contribution in [0.3, 0.4) is 0 Å². The highest BCUT2D eigenvalue weighted by molar-refractivity contribution is 5.72. The third kappa shape index (κ3) is 2.71. The van der Waals surface area contributed by atoms with Gasteiger partial charge in [0.05, 0.1) is 6.61 Å². The average molecular weight is 246 g/mol. The van der Waals surface area contributed by atoms with Crippen molar-refractivity contribution in [2.45, 2.75) is 25.3 Å². The summed E-state index contributed by atoms with van der Waals surface area (Å²) < 4.78 is 11.1. The van der Waals surface area contributed by atoms with Crippen LogP contribution in [-0.2, 0) is 11.2 Å². The number of ether oxygens (including phenoxy) is 1. The molecule has 4 nitrogen and oxygen atoms in total. The van der Waals surface area contributed by atoms with Crippen LogP contribution in [0.2, 0.25) is 0 Å². The van der Waals surface area contributed by atoms with Crippen molar-refractivity contribution in [2.75, 3.05) is 19.8 Å². The monoisotopic (exact) mass is 246 g/mol. The van der Waals surface area contributed by atoms with Gasteiger partial charge in [0.25, 0.3) is 0 Å². The molecule has 0 saturated carbocycles. The molecule has 1 atom stereocenters. The van der Waals surface area contributed by atoms with Crippen molar-refractivity contribution >= 4 is 11.1 Å². The van der Waals surface area contributed by atoms with E-state index in [1.54, 1.807) is 0 Å². The first-order valence-corrected chi connectivity index (χ1v) is 6.57. The van der Waals surface area contributed by atoms with Crippen LogP contribution in [0, 0.1) is 0 Å². The molecule has 1 N–H and O–H groups in total. The number of nitrogens with zero attached hydrogens (tertiary/aromatic N) is 1. The summed E-state index contributed by atoms with van der Waals surface area (Å²) in [6.45, 7) is 2.62. The minimum absolute atomic E-state index is 0.489. The van der Waals surface area contributed by atoms with E-state index in [4.69, 9.17) is 9.15 Å². The van der Waals surface area contributed by atoms with Crippen molar-refractivity contribution < 1.29 is 9.15 Å². The van der Waals surface area contributed by atoms with Crippen LogP contribution in [0.25, 0.3) is 11.1 Å². The Morgan fingerprint density at radius 3 is 3.11 bits per heavy atom. The maximum absolute atomic E-state index is 5.68. The summed E-state index contributed by atoms with van der Waals surface area (Å²) in [6.07, 6.45) is 3.18. The molecule has 0 unspecified atom stereocenters. The number of para-hydroxylation sites is 2. The highest BCUT2D eigenvalue weighted by Crippen LogP contribution is 2.14. The SMILES string of the molecule is c1ccc2oc(CCN[C@@H]3CCCOC3)nc2c1. The molecule has 1 aliphatic heterocycles. The molecule has 0 bridgehead atoms. The van der Waals surface area contributed by atoms with Gasteiger partial charge in [-0.05, 0) is 25.0 Å². The normalized spacial score (nSPS) is 20.3. The number of fused-ring (bicyclic) bond motifs is 1. The number of oxazole rings is 1. The summed E-state index contributed by atoms with van der Waals surface area (Å²) in [5, 5.41) is 3.49. The number of hydrogen-bond acceptors (Lipinski definition) is 4. The standard InChI is InChI=1S/C14H18N2O2/c1-2-6-13-12(5-1)16-14(18-13)7-8-15-11-4-3-9-17-10-11/h1-2,5-6,11,15H,3-4,7-10H2/t11-/m1/s1. The maximum Gasteiger partial charge on any atom is 0.196 e. The predicted octanol–water partition coefficient (Wildman–Crippen LogP) is 2.14. The number of rotatable bonds is 4. The lowest BCUT2D eigenvalue weighted by atomic mass is 10.1. The van der Waals surface area contributed by atoms with E-state index in [2.05, 4.69) is 10.3 Å². The minimum Gasteiger partial charge on any atom is -0.441 e. The van der Waals surface area contributed by atoms with E-state index < -0.39 is 0 Å². The molecule has 1 saturated heterocycles. The molecular weight excluding hydrogens is 228 g/mol. The van der Waals surface area contributed by atoms with Crippen molar-refractivity contribution in [2.24, 2.45) is 0 Å². The lowest BCUT2D eigenvalue weighted by molar-refractivity contribution is 0.0706. The lowest BCUT2D eigenvalue weighted by Crippen LogP contribution is -2.37. The Balaban J connectivity index is 1.53. The second kappa shape index (κ2) is 5.50. The van der Waals surface area contributed by atoms with Gasteiger partial charge in [-0.25, -0.2) is 4.98 Å². The fourth-order valence-electron chi connectivity index (χ4n) is 2.31. The van der Waals surface area contributed by atoms with Crippen LogP contribution in [0.5, 0.6) is 0 Å². The molecule has 0 spiro atoms. The van der Waals surface area contributed by atoms with Gasteiger partial charge in [-0.15, -0.1) is 0 Å². The topological polar surface area (TPSA) is 47.3 Å². The van der Waals surface area contributed by atoms with Crippen molar-refractivity contribution in [3.8, 4) is 0 Å². The third-order valence-corrected chi connectivity index (χ3v) is 3.27. The molecule has 1 aromatic heterocycles. The van der Waals surface area contributed by atoms with Crippen LogP contribution in [0.4, 0.5) is 0 Å². The lowest BCUT2D eigenvalue weighted by Gasteiger charge is -2.22. The fourth-order valence-corrected chi connectivity index (χ4v) is 2.31. The quantitative estimate of drug-likeness (QED) is 0.898. The summed E-state index contributed by atoms with van der Waals surface area (Å²) in [4.78, 5) is 4.46. The molecular formula is C14H18N2O2. The first kappa shape index (κ1) is 11.7. The Morgan fingerprint density at radius 1 is 1.33 bits per heavy atom. The molecule has 1 aromatic carbocycles. The Bertz CT molecular complexity index is 470. The number of aromatic nitrogens is 1. The van der Waals surface area contributed by atoms with Gasteiger partial charge < -0.3 is 14.5 Å². The average Bonchev–Trinajstić information content (AvgIpc) is 2.82. The number of benzene rings is 1. The van der Waals surface area contributed by atoms with E-state index in [9.17, 15) is 0 Å². The second-order valence-electron chi connectivity index (χ2n) is 4.69. The zero-order chi connectivity index (χ0) is 12.2. The smallest absolute Gasteiger partial charge is 0.196 e. The summed E-state index contributed by atoms with van der Waals surface area (Å²) in [5.74, 6) is 0.806. The molecule has 96 valence electrons. The van der Waals surface area contributed by atoms with Crippen molar-refractivity contribution in [3.63, 3.8) is 0 Å². The largest absolute Gasteiger partial charge is 0.441 e. The van der Waals surface area contributed by atoms with E-state index in [1.165, 1.54) is 6.42 Å². The van der Waals surface area contributed by atoms with Crippen LogP contribution in [-0.4, -0.2) is 30.8 Å². The van der Waals surface area contributed by atoms with Gasteiger partial charge >= 0.3 is 0 Å². The number of nitrogens with one attached hydrogen (secondary N) is 1. The summed E-state index contributed by atoms with van der Waals surface area (Å²) in [6, 6.07) is 8.36. The van der Waals surface area contributed by atoms with Gasteiger partial charge in [0, 0.05) is 25.6 Å². The van der Waals surface area contributed by atoms with Gasteiger partial charge in [-0.1, -0.05) is 12.1 Å². The van der Waals surface area contributed by atoms with Crippen LogP contribution in [0.1, 0.15) is 18.7 Å². The Hall–Kier alpha value is -1.39. The minimum atomic E-state index is 0.489. The molecule has 3 rings (SSSR count). The summed E-state index contributed by atoms with van der Waals surface area (Å²) in [5.41, 5.74) is 1.81. The zero-order valence-electron chi connectivity index (χ0n) is 10.4. The van der Waals surface area contributed by atoms with Gasteiger partial charge in [0.15, 0.2) is 11.5 Å². The summed E-state index contributed by atoms with van der Waals surface area (Å²) in [7, 11) is 0. The molecule has 1 fully saturated rings. The molecule has 2 heterocycles. The molecule has 0 amide bonds. The van der Waals surface area contributed by atoms with Gasteiger partial charge in [-0.2, -0.15) is 0 Å². The first-order valence-electron chi connectivity index (χ1n) is 6.57. The van der Waals surface area contributed by atoms with Crippen LogP contribution in [0.15, 0.2) is 28.7 Å². The van der Waals surface area contributed by atoms with Crippen LogP contribution >= 0.6 is 0 Å². The van der Waals surface area contributed by atoms with E-state index in [-0.39, 0.29) is 0 Å². The highest BCUT2D eigenvalue weighted by Gasteiger charge is 2.13. The van der Waals surface area contributed by atoms with Crippen molar-refractivity contribution in [3.05, 3.63) is 30.2 Å².